The van der Waals surface area contributed by atoms with Crippen LogP contribution in [0.2, 0.25) is 0 Å². The number of anilines is 1. The van der Waals surface area contributed by atoms with Crippen LogP contribution in [-0.4, -0.2) is 47.8 Å². The number of urea groups is 1. The quantitative estimate of drug-likeness (QED) is 0.841. The van der Waals surface area contributed by atoms with Gasteiger partial charge >= 0.3 is 6.03 Å². The third-order valence-corrected chi connectivity index (χ3v) is 3.28. The zero-order chi connectivity index (χ0) is 14.9. The number of likely N-dealkylation sites (N-methyl/N-ethyl adjacent to an activating group) is 1. The van der Waals surface area contributed by atoms with Crippen LogP contribution in [0.15, 0.2) is 18.2 Å². The maximum absolute atomic E-state index is 12.0. The maximum atomic E-state index is 12.0. The first-order valence-electron chi connectivity index (χ1n) is 6.31. The summed E-state index contributed by atoms with van der Waals surface area (Å²) >= 11 is 0. The molecule has 1 N–H and O–H groups in total. The van der Waals surface area contributed by atoms with Crippen molar-refractivity contribution >= 4 is 23.5 Å². The minimum Gasteiger partial charge on any atom is -0.324 e. The van der Waals surface area contributed by atoms with Gasteiger partial charge in [0.05, 0.1) is 0 Å². The van der Waals surface area contributed by atoms with Gasteiger partial charge in [0.25, 0.3) is 5.91 Å². The number of carbonyl (C=O) groups is 3. The van der Waals surface area contributed by atoms with Crippen LogP contribution in [0.3, 0.4) is 0 Å². The van der Waals surface area contributed by atoms with Crippen molar-refractivity contribution in [1.82, 2.24) is 9.80 Å². The van der Waals surface area contributed by atoms with Gasteiger partial charge in [0.1, 0.15) is 13.1 Å². The highest BCUT2D eigenvalue weighted by atomic mass is 16.2. The minimum atomic E-state index is -0.438. The average molecular weight is 275 g/mol. The van der Waals surface area contributed by atoms with Crippen molar-refractivity contribution in [1.29, 1.82) is 0 Å². The number of nitrogens with zero attached hydrogens (tertiary/aromatic N) is 2. The Kier molecular flexibility index (Phi) is 3.74. The van der Waals surface area contributed by atoms with Gasteiger partial charge in [-0.2, -0.15) is 0 Å². The molecule has 106 valence electrons. The molecule has 0 radical (unpaired) electrons. The monoisotopic (exact) mass is 275 g/mol. The van der Waals surface area contributed by atoms with E-state index in [1.54, 1.807) is 0 Å². The van der Waals surface area contributed by atoms with E-state index in [1.165, 1.54) is 11.9 Å². The van der Waals surface area contributed by atoms with E-state index in [-0.39, 0.29) is 24.9 Å². The van der Waals surface area contributed by atoms with Gasteiger partial charge in [-0.05, 0) is 25.0 Å². The van der Waals surface area contributed by atoms with Crippen molar-refractivity contribution in [2.75, 3.05) is 25.5 Å². The minimum absolute atomic E-state index is 0.0233. The Morgan fingerprint density at radius 1 is 1.25 bits per heavy atom. The Morgan fingerprint density at radius 2 is 1.85 bits per heavy atom. The number of imide groups is 1. The van der Waals surface area contributed by atoms with Gasteiger partial charge in [0.15, 0.2) is 0 Å². The highest BCUT2D eigenvalue weighted by Crippen LogP contribution is 2.19. The molecule has 6 nitrogen and oxygen atoms in total. The Hall–Kier alpha value is -2.37. The fourth-order valence-corrected chi connectivity index (χ4v) is 2.16. The lowest BCUT2D eigenvalue weighted by Gasteiger charge is -2.15. The summed E-state index contributed by atoms with van der Waals surface area (Å²) in [5, 5.41) is 2.76. The number of hydrogen-bond donors (Lipinski definition) is 1. The third kappa shape index (κ3) is 2.64. The molecule has 0 unspecified atom stereocenters. The third-order valence-electron chi connectivity index (χ3n) is 3.28. The van der Waals surface area contributed by atoms with Crippen LogP contribution < -0.4 is 5.32 Å². The molecule has 1 aliphatic heterocycles. The number of aryl methyl sites for hydroxylation is 2. The summed E-state index contributed by atoms with van der Waals surface area (Å²) in [6, 6.07) is 5.25. The molecular formula is C14H17N3O3. The maximum Gasteiger partial charge on any atom is 0.327 e. The van der Waals surface area contributed by atoms with Gasteiger partial charge in [-0.3, -0.25) is 14.5 Å². The van der Waals surface area contributed by atoms with Gasteiger partial charge in [0.2, 0.25) is 5.91 Å². The smallest absolute Gasteiger partial charge is 0.324 e. The zero-order valence-electron chi connectivity index (χ0n) is 11.8. The number of benzene rings is 1. The van der Waals surface area contributed by atoms with Gasteiger partial charge in [-0.1, -0.05) is 18.2 Å². The second-order valence-corrected chi connectivity index (χ2v) is 4.93. The molecule has 2 rings (SSSR count). The molecule has 0 atom stereocenters. The van der Waals surface area contributed by atoms with E-state index in [1.807, 2.05) is 32.0 Å². The Bertz CT molecular complexity index is 563. The zero-order valence-corrected chi connectivity index (χ0v) is 11.8. The number of nitrogens with one attached hydrogen (secondary N) is 1. The number of carbonyl (C=O) groups excluding carboxylic acids is 3. The van der Waals surface area contributed by atoms with Crippen molar-refractivity contribution in [3.63, 3.8) is 0 Å². The van der Waals surface area contributed by atoms with E-state index in [4.69, 9.17) is 0 Å². The van der Waals surface area contributed by atoms with Crippen LogP contribution >= 0.6 is 0 Å². The Morgan fingerprint density at radius 3 is 2.35 bits per heavy atom. The van der Waals surface area contributed by atoms with Crippen molar-refractivity contribution in [3.8, 4) is 0 Å². The van der Waals surface area contributed by atoms with E-state index in [0.29, 0.717) is 0 Å². The summed E-state index contributed by atoms with van der Waals surface area (Å²) < 4.78 is 0. The highest BCUT2D eigenvalue weighted by Gasteiger charge is 2.34. The second-order valence-electron chi connectivity index (χ2n) is 4.93. The van der Waals surface area contributed by atoms with Crippen molar-refractivity contribution in [3.05, 3.63) is 29.3 Å². The molecule has 4 amide bonds. The molecule has 1 aliphatic rings. The highest BCUT2D eigenvalue weighted by molar-refractivity contribution is 6.06. The fraction of sp³-hybridized carbons (Fsp3) is 0.357. The SMILES string of the molecule is Cc1cccc(C)c1NC(=O)CN1C(=O)CN(C)C1=O. The van der Waals surface area contributed by atoms with Crippen LogP contribution in [0.4, 0.5) is 10.5 Å². The summed E-state index contributed by atoms with van der Waals surface area (Å²) in [5.74, 6) is -0.728. The fourth-order valence-electron chi connectivity index (χ4n) is 2.16. The van der Waals surface area contributed by atoms with E-state index in [2.05, 4.69) is 5.32 Å². The molecule has 1 fully saturated rings. The molecule has 20 heavy (non-hydrogen) atoms. The molecule has 1 aromatic carbocycles. The lowest BCUT2D eigenvalue weighted by atomic mass is 10.1. The van der Waals surface area contributed by atoms with Gasteiger partial charge in [-0.15, -0.1) is 0 Å². The Labute approximate surface area is 117 Å². The van der Waals surface area contributed by atoms with Crippen LogP contribution in [0.1, 0.15) is 11.1 Å². The first kappa shape index (κ1) is 14.0. The molecule has 1 aromatic rings. The normalized spacial score (nSPS) is 14.9. The van der Waals surface area contributed by atoms with Gasteiger partial charge in [-0.25, -0.2) is 4.79 Å². The molecule has 0 aliphatic carbocycles. The largest absolute Gasteiger partial charge is 0.327 e. The van der Waals surface area contributed by atoms with Crippen LogP contribution in [0, 0.1) is 13.8 Å². The van der Waals surface area contributed by atoms with E-state index in [9.17, 15) is 14.4 Å². The van der Waals surface area contributed by atoms with E-state index >= 15 is 0 Å². The molecule has 1 saturated heterocycles. The first-order chi connectivity index (χ1) is 9.40. The van der Waals surface area contributed by atoms with Crippen LogP contribution in [-0.2, 0) is 9.59 Å². The Balaban J connectivity index is 2.07. The van der Waals surface area contributed by atoms with Gasteiger partial charge < -0.3 is 10.2 Å². The second kappa shape index (κ2) is 5.32. The molecule has 1 heterocycles. The predicted molar refractivity (Wildman–Crippen MR) is 74.3 cm³/mol. The number of para-hydroxylation sites is 1. The van der Waals surface area contributed by atoms with Crippen LogP contribution in [0.25, 0.3) is 0 Å². The number of hydrogen-bond acceptors (Lipinski definition) is 3. The molecule has 0 saturated carbocycles. The summed E-state index contributed by atoms with van der Waals surface area (Å²) in [7, 11) is 1.53. The predicted octanol–water partition coefficient (Wildman–Crippen LogP) is 1.14. The number of rotatable bonds is 3. The molecule has 0 bridgehead atoms. The average Bonchev–Trinajstić information content (AvgIpc) is 2.61. The number of amides is 4. The summed E-state index contributed by atoms with van der Waals surface area (Å²) in [5.41, 5.74) is 2.61. The summed E-state index contributed by atoms with van der Waals surface area (Å²) in [6.45, 7) is 3.55. The molecule has 0 spiro atoms. The van der Waals surface area contributed by atoms with Crippen molar-refractivity contribution < 1.29 is 14.4 Å². The molecular weight excluding hydrogens is 258 g/mol. The van der Waals surface area contributed by atoms with Gasteiger partial charge in [0, 0.05) is 12.7 Å². The summed E-state index contributed by atoms with van der Waals surface area (Å²) in [6.07, 6.45) is 0. The first-order valence-corrected chi connectivity index (χ1v) is 6.31. The van der Waals surface area contributed by atoms with E-state index < -0.39 is 6.03 Å². The standard InChI is InChI=1S/C14H17N3O3/c1-9-5-4-6-10(2)13(9)15-11(18)7-17-12(19)8-16(3)14(17)20/h4-6H,7-8H2,1-3H3,(H,15,18). The van der Waals surface area contributed by atoms with Crippen LogP contribution in [0.5, 0.6) is 0 Å². The molecule has 0 aromatic heterocycles. The summed E-state index contributed by atoms with van der Waals surface area (Å²) in [4.78, 5) is 37.5. The topological polar surface area (TPSA) is 69.7 Å². The lowest BCUT2D eigenvalue weighted by Crippen LogP contribution is -2.38. The lowest BCUT2D eigenvalue weighted by molar-refractivity contribution is -0.129. The van der Waals surface area contributed by atoms with E-state index in [0.717, 1.165) is 21.7 Å². The van der Waals surface area contributed by atoms with Crippen molar-refractivity contribution in [2.24, 2.45) is 0 Å². The van der Waals surface area contributed by atoms with Crippen molar-refractivity contribution in [2.45, 2.75) is 13.8 Å². The molecule has 6 heteroatoms.